The second kappa shape index (κ2) is 6.72. The van der Waals surface area contributed by atoms with Crippen molar-refractivity contribution in [1.29, 1.82) is 0 Å². The maximum atomic E-state index is 13.3. The lowest BCUT2D eigenvalue weighted by molar-refractivity contribution is -0.173. The van der Waals surface area contributed by atoms with Crippen LogP contribution in [-0.2, 0) is 10.3 Å². The Labute approximate surface area is 184 Å². The molecule has 4 atom stereocenters. The van der Waals surface area contributed by atoms with E-state index in [0.29, 0.717) is 47.5 Å². The van der Waals surface area contributed by atoms with Gasteiger partial charge in [0.2, 0.25) is 0 Å². The smallest absolute Gasteiger partial charge is 0.309 e. The number of carboxylic acids is 1. The molecule has 4 aliphatic carbocycles. The highest BCUT2D eigenvalue weighted by molar-refractivity contribution is 6.34. The van der Waals surface area contributed by atoms with Crippen LogP contribution in [0.15, 0.2) is 29.2 Å². The van der Waals surface area contributed by atoms with E-state index >= 15 is 0 Å². The van der Waals surface area contributed by atoms with E-state index < -0.39 is 16.9 Å². The van der Waals surface area contributed by atoms with E-state index in [1.807, 2.05) is 25.1 Å². The summed E-state index contributed by atoms with van der Waals surface area (Å²) >= 11 is 12.8. The Bertz CT molecular complexity index is 1100. The van der Waals surface area contributed by atoms with Crippen molar-refractivity contribution in [2.24, 2.45) is 17.3 Å². The van der Waals surface area contributed by atoms with Crippen molar-refractivity contribution in [3.8, 4) is 0 Å². The number of benzene rings is 1. The van der Waals surface area contributed by atoms with Gasteiger partial charge in [-0.05, 0) is 75.0 Å². The normalized spacial score (nSPS) is 31.7. The van der Waals surface area contributed by atoms with Gasteiger partial charge in [-0.2, -0.15) is 5.10 Å². The minimum atomic E-state index is -0.746. The number of aliphatic carboxylic acids is 1. The first-order valence-corrected chi connectivity index (χ1v) is 11.0. The number of halogens is 2. The van der Waals surface area contributed by atoms with Gasteiger partial charge in [0.1, 0.15) is 5.02 Å². The first kappa shape index (κ1) is 19.9. The molecule has 1 aromatic carbocycles. The predicted molar refractivity (Wildman–Crippen MR) is 116 cm³/mol. The highest BCUT2D eigenvalue weighted by atomic mass is 35.5. The summed E-state index contributed by atoms with van der Waals surface area (Å²) in [6.07, 6.45) is 6.03. The molecule has 2 N–H and O–H groups in total. The zero-order chi connectivity index (χ0) is 21.3. The second-order valence-corrected chi connectivity index (χ2v) is 10.3. The lowest BCUT2D eigenvalue weighted by atomic mass is 9.47. The highest BCUT2D eigenvalue weighted by Crippen LogP contribution is 2.63. The van der Waals surface area contributed by atoms with Crippen LogP contribution in [0.2, 0.25) is 10.0 Å². The lowest BCUT2D eigenvalue weighted by Gasteiger charge is -2.60. The minimum absolute atomic E-state index is 0.0433. The molecule has 8 heteroatoms. The second-order valence-electron chi connectivity index (χ2n) is 9.47. The molecule has 0 aliphatic heterocycles. The first-order valence-electron chi connectivity index (χ1n) is 10.3. The summed E-state index contributed by atoms with van der Waals surface area (Å²) < 4.78 is 1.48. The summed E-state index contributed by atoms with van der Waals surface area (Å²) in [6.45, 7) is 1.95. The monoisotopic (exact) mass is 447 g/mol. The van der Waals surface area contributed by atoms with Crippen LogP contribution in [0.4, 0.5) is 11.4 Å². The molecule has 0 amide bonds. The fourth-order valence-corrected chi connectivity index (χ4v) is 6.90. The number of carboxylic acid groups (broad SMARTS) is 1. The van der Waals surface area contributed by atoms with Crippen LogP contribution < -0.4 is 10.9 Å². The summed E-state index contributed by atoms with van der Waals surface area (Å²) in [5.41, 5.74) is 0.364. The van der Waals surface area contributed by atoms with Gasteiger partial charge in [0.15, 0.2) is 0 Å². The predicted octanol–water partition coefficient (Wildman–Crippen LogP) is 4.98. The van der Waals surface area contributed by atoms with Crippen LogP contribution in [0, 0.1) is 24.2 Å². The van der Waals surface area contributed by atoms with Gasteiger partial charge in [0.05, 0.1) is 33.5 Å². The number of carbonyl (C=O) groups is 1. The number of hydrogen-bond acceptors (Lipinski definition) is 4. The summed E-state index contributed by atoms with van der Waals surface area (Å²) in [5, 5.41) is 18.1. The number of hydrogen-bond donors (Lipinski definition) is 2. The molecule has 6 rings (SSSR count). The van der Waals surface area contributed by atoms with Crippen molar-refractivity contribution in [3.63, 3.8) is 0 Å². The van der Waals surface area contributed by atoms with Crippen molar-refractivity contribution in [3.05, 3.63) is 50.4 Å². The maximum Gasteiger partial charge on any atom is 0.309 e. The Morgan fingerprint density at radius 2 is 1.90 bits per heavy atom. The van der Waals surface area contributed by atoms with Crippen LogP contribution in [-0.4, -0.2) is 20.9 Å². The lowest BCUT2D eigenvalue weighted by Crippen LogP contribution is -2.61. The Kier molecular flexibility index (Phi) is 4.46. The molecule has 0 saturated heterocycles. The zero-order valence-corrected chi connectivity index (χ0v) is 18.1. The summed E-state index contributed by atoms with van der Waals surface area (Å²) in [6, 6.07) is 5.57. The molecule has 1 heterocycles. The topological polar surface area (TPSA) is 84.2 Å². The molecule has 0 radical (unpaired) electrons. The van der Waals surface area contributed by atoms with Gasteiger partial charge in [0.25, 0.3) is 5.56 Å². The van der Waals surface area contributed by atoms with Crippen LogP contribution in [0.25, 0.3) is 0 Å². The molecule has 30 heavy (non-hydrogen) atoms. The van der Waals surface area contributed by atoms with Gasteiger partial charge in [-0.1, -0.05) is 29.3 Å². The van der Waals surface area contributed by atoms with Crippen LogP contribution in [0.1, 0.15) is 44.1 Å². The number of nitrogens with zero attached hydrogens (tertiary/aromatic N) is 2. The first-order chi connectivity index (χ1) is 14.2. The standard InChI is InChI=1S/C22H23Cl2N3O3/c1-12-2-3-16(15(23)4-12)26-17-10-25-27(19(28)18(17)24)22-8-13-5-14(9-22)7-21(6-13,11-22)20(29)30/h2-4,10,13-14,26H,5-9,11H2,1H3,(H,29,30)/t13-,14+,21?,22?. The average molecular weight is 448 g/mol. The van der Waals surface area contributed by atoms with Crippen LogP contribution >= 0.6 is 23.2 Å². The summed E-state index contributed by atoms with van der Waals surface area (Å²) in [7, 11) is 0. The van der Waals surface area contributed by atoms with Crippen molar-refractivity contribution in [2.75, 3.05) is 5.32 Å². The third-order valence-corrected chi connectivity index (χ3v) is 7.92. The van der Waals surface area contributed by atoms with Gasteiger partial charge in [0, 0.05) is 0 Å². The van der Waals surface area contributed by atoms with Crippen molar-refractivity contribution < 1.29 is 9.90 Å². The van der Waals surface area contributed by atoms with Crippen molar-refractivity contribution in [1.82, 2.24) is 9.78 Å². The number of aromatic nitrogens is 2. The van der Waals surface area contributed by atoms with E-state index in [-0.39, 0.29) is 10.6 Å². The van der Waals surface area contributed by atoms with E-state index in [9.17, 15) is 14.7 Å². The van der Waals surface area contributed by atoms with Gasteiger partial charge in [-0.25, -0.2) is 4.68 Å². The molecule has 2 unspecified atom stereocenters. The van der Waals surface area contributed by atoms with E-state index in [2.05, 4.69) is 10.4 Å². The molecule has 4 bridgehead atoms. The molecule has 4 saturated carbocycles. The average Bonchev–Trinajstić information content (AvgIpc) is 2.66. The Hall–Kier alpha value is -2.05. The number of anilines is 2. The number of rotatable bonds is 4. The van der Waals surface area contributed by atoms with Gasteiger partial charge in [-0.3, -0.25) is 9.59 Å². The van der Waals surface area contributed by atoms with E-state index in [4.69, 9.17) is 23.2 Å². The van der Waals surface area contributed by atoms with Crippen molar-refractivity contribution >= 4 is 40.5 Å². The molecular weight excluding hydrogens is 425 g/mol. The van der Waals surface area contributed by atoms with Crippen LogP contribution in [0.3, 0.4) is 0 Å². The molecule has 1 aromatic heterocycles. The fraction of sp³-hybridized carbons (Fsp3) is 0.500. The molecule has 2 aromatic rings. The van der Waals surface area contributed by atoms with Gasteiger partial charge < -0.3 is 10.4 Å². The van der Waals surface area contributed by atoms with E-state index in [1.54, 1.807) is 6.20 Å². The van der Waals surface area contributed by atoms with E-state index in [1.165, 1.54) is 4.68 Å². The largest absolute Gasteiger partial charge is 0.481 e. The minimum Gasteiger partial charge on any atom is -0.481 e. The van der Waals surface area contributed by atoms with E-state index in [0.717, 1.165) is 24.8 Å². The quantitative estimate of drug-likeness (QED) is 0.689. The van der Waals surface area contributed by atoms with Crippen LogP contribution in [0.5, 0.6) is 0 Å². The van der Waals surface area contributed by atoms with Gasteiger partial charge in [-0.15, -0.1) is 0 Å². The zero-order valence-electron chi connectivity index (χ0n) is 16.6. The molecule has 4 fully saturated rings. The fourth-order valence-electron chi connectivity index (χ4n) is 6.44. The third-order valence-electron chi connectivity index (χ3n) is 7.25. The molecule has 6 nitrogen and oxygen atoms in total. The Balaban J connectivity index is 1.53. The summed E-state index contributed by atoms with van der Waals surface area (Å²) in [4.78, 5) is 25.4. The highest BCUT2D eigenvalue weighted by Gasteiger charge is 2.62. The van der Waals surface area contributed by atoms with Gasteiger partial charge >= 0.3 is 5.97 Å². The SMILES string of the molecule is Cc1ccc(Nc2cnn(C34C[C@@H]5C[C@@H](CC(C(=O)O)(C5)C3)C4)c(=O)c2Cl)c(Cl)c1. The maximum absolute atomic E-state index is 13.3. The third kappa shape index (κ3) is 2.95. The molecule has 4 aliphatic rings. The number of aryl methyl sites for hydroxylation is 1. The molecule has 0 spiro atoms. The molecule has 158 valence electrons. The molecular formula is C22H23Cl2N3O3. The number of nitrogens with one attached hydrogen (secondary N) is 1. The Morgan fingerprint density at radius 3 is 2.53 bits per heavy atom. The van der Waals surface area contributed by atoms with Crippen molar-refractivity contribution in [2.45, 2.75) is 51.0 Å². The summed E-state index contributed by atoms with van der Waals surface area (Å²) in [5.74, 6) is -0.106. The Morgan fingerprint density at radius 1 is 1.20 bits per heavy atom.